The molecule has 11 atom stereocenters. The molecular formula is C27H42O6. The number of hydrogen-bond acceptors (Lipinski definition) is 4. The fourth-order valence-corrected chi connectivity index (χ4v) is 9.63. The van der Waals surface area contributed by atoms with Gasteiger partial charge in [0.15, 0.2) is 0 Å². The molecule has 33 heavy (non-hydrogen) atoms. The van der Waals surface area contributed by atoms with Crippen LogP contribution in [0.25, 0.3) is 0 Å². The van der Waals surface area contributed by atoms with E-state index in [1.54, 1.807) is 0 Å². The molecule has 0 aromatic carbocycles. The Labute approximate surface area is 197 Å². The van der Waals surface area contributed by atoms with Gasteiger partial charge in [0.05, 0.1) is 11.8 Å². The molecule has 0 saturated heterocycles. The summed E-state index contributed by atoms with van der Waals surface area (Å²) in [5.74, 6) is -0.652. The van der Waals surface area contributed by atoms with E-state index in [9.17, 15) is 24.6 Å². The van der Waals surface area contributed by atoms with E-state index in [2.05, 4.69) is 27.7 Å². The Morgan fingerprint density at radius 3 is 2.39 bits per heavy atom. The molecule has 4 aliphatic rings. The first-order valence-electron chi connectivity index (χ1n) is 13.1. The normalized spacial score (nSPS) is 47.5. The van der Waals surface area contributed by atoms with Crippen molar-refractivity contribution in [2.75, 3.05) is 0 Å². The van der Waals surface area contributed by atoms with Crippen molar-refractivity contribution in [3.8, 4) is 0 Å². The van der Waals surface area contributed by atoms with Crippen LogP contribution in [0.4, 0.5) is 0 Å². The molecule has 0 aromatic heterocycles. The van der Waals surface area contributed by atoms with Crippen molar-refractivity contribution in [2.45, 2.75) is 91.6 Å². The summed E-state index contributed by atoms with van der Waals surface area (Å²) < 4.78 is 5.76. The highest BCUT2D eigenvalue weighted by Crippen LogP contribution is 2.70. The van der Waals surface area contributed by atoms with Gasteiger partial charge in [-0.2, -0.15) is 0 Å². The summed E-state index contributed by atoms with van der Waals surface area (Å²) in [5.41, 5.74) is -0.394. The maximum absolute atomic E-state index is 12.8. The van der Waals surface area contributed by atoms with Crippen LogP contribution in [-0.2, 0) is 19.1 Å². The molecule has 0 spiro atoms. The standard InChI is InChI=1S/C27H42O6/c1-5-6-15(2)18-7-8-19-23-20(13-21(25(31)32)27(18,19)4)26(3)10-9-16(24(29)30)11-17(26)12-22(23)33-14-28/h14-23H,5-13H2,1-4H3,(H,29,30)(H,31,32). The van der Waals surface area contributed by atoms with E-state index in [4.69, 9.17) is 4.74 Å². The molecule has 11 unspecified atom stereocenters. The fraction of sp³-hybridized carbons (Fsp3) is 0.889. The maximum Gasteiger partial charge on any atom is 0.307 e. The third-order valence-corrected chi connectivity index (χ3v) is 11.2. The summed E-state index contributed by atoms with van der Waals surface area (Å²) in [4.78, 5) is 36.0. The van der Waals surface area contributed by atoms with Crippen LogP contribution in [0.5, 0.6) is 0 Å². The van der Waals surface area contributed by atoms with Crippen LogP contribution in [0.2, 0.25) is 0 Å². The number of hydrogen-bond donors (Lipinski definition) is 2. The topological polar surface area (TPSA) is 101 Å². The molecular weight excluding hydrogens is 420 g/mol. The molecule has 0 aliphatic heterocycles. The van der Waals surface area contributed by atoms with Gasteiger partial charge < -0.3 is 14.9 Å². The summed E-state index contributed by atoms with van der Waals surface area (Å²) in [7, 11) is 0. The van der Waals surface area contributed by atoms with Crippen molar-refractivity contribution < 1.29 is 29.3 Å². The first kappa shape index (κ1) is 24.5. The Morgan fingerprint density at radius 2 is 1.79 bits per heavy atom. The van der Waals surface area contributed by atoms with Gasteiger partial charge in [-0.3, -0.25) is 14.4 Å². The predicted molar refractivity (Wildman–Crippen MR) is 123 cm³/mol. The second-order valence-corrected chi connectivity index (χ2v) is 12.3. The van der Waals surface area contributed by atoms with Gasteiger partial charge in [0.25, 0.3) is 6.47 Å². The second kappa shape index (κ2) is 8.88. The van der Waals surface area contributed by atoms with Crippen molar-refractivity contribution in [3.63, 3.8) is 0 Å². The summed E-state index contributed by atoms with van der Waals surface area (Å²) >= 11 is 0. The van der Waals surface area contributed by atoms with E-state index >= 15 is 0 Å². The van der Waals surface area contributed by atoms with Gasteiger partial charge in [0.2, 0.25) is 0 Å². The number of carboxylic acid groups (broad SMARTS) is 2. The predicted octanol–water partition coefficient (Wildman–Crippen LogP) is 5.24. The molecule has 0 bridgehead atoms. The van der Waals surface area contributed by atoms with Crippen molar-refractivity contribution >= 4 is 18.4 Å². The SMILES string of the molecule is CCCC(C)C1CCC2C3C(OC=O)CC4CC(C(=O)O)CCC4(C)C3CC(C(=O)O)C12C. The van der Waals surface area contributed by atoms with Crippen molar-refractivity contribution in [2.24, 2.45) is 58.2 Å². The zero-order valence-corrected chi connectivity index (χ0v) is 20.7. The number of rotatable bonds is 7. The Bertz CT molecular complexity index is 781. The van der Waals surface area contributed by atoms with Crippen molar-refractivity contribution in [1.29, 1.82) is 0 Å². The summed E-state index contributed by atoms with van der Waals surface area (Å²) in [6.07, 6.45) is 7.41. The molecule has 0 radical (unpaired) electrons. The number of ether oxygens (including phenoxy) is 1. The maximum atomic E-state index is 12.8. The largest absolute Gasteiger partial charge is 0.481 e. The van der Waals surface area contributed by atoms with Gasteiger partial charge >= 0.3 is 11.9 Å². The molecule has 4 fully saturated rings. The quantitative estimate of drug-likeness (QED) is 0.502. The highest BCUT2D eigenvalue weighted by molar-refractivity contribution is 5.72. The van der Waals surface area contributed by atoms with Gasteiger partial charge in [-0.15, -0.1) is 0 Å². The number of carboxylic acids is 2. The highest BCUT2D eigenvalue weighted by Gasteiger charge is 2.67. The Kier molecular flexibility index (Phi) is 6.60. The number of carbonyl (C=O) groups excluding carboxylic acids is 1. The van der Waals surface area contributed by atoms with Crippen LogP contribution in [0.1, 0.15) is 85.5 Å². The lowest BCUT2D eigenvalue weighted by atomic mass is 9.41. The summed E-state index contributed by atoms with van der Waals surface area (Å²) in [6.45, 7) is 9.55. The summed E-state index contributed by atoms with van der Waals surface area (Å²) in [5, 5.41) is 20.1. The van der Waals surface area contributed by atoms with Crippen LogP contribution < -0.4 is 0 Å². The monoisotopic (exact) mass is 462 g/mol. The minimum absolute atomic E-state index is 0.0957. The Morgan fingerprint density at radius 1 is 1.06 bits per heavy atom. The lowest BCUT2D eigenvalue weighted by Gasteiger charge is -2.64. The van der Waals surface area contributed by atoms with Crippen LogP contribution >= 0.6 is 0 Å². The van der Waals surface area contributed by atoms with Gasteiger partial charge in [-0.25, -0.2) is 0 Å². The van der Waals surface area contributed by atoms with Gasteiger partial charge in [-0.1, -0.05) is 40.5 Å². The molecule has 4 saturated carbocycles. The van der Waals surface area contributed by atoms with E-state index < -0.39 is 17.9 Å². The third kappa shape index (κ3) is 3.70. The molecule has 0 heterocycles. The van der Waals surface area contributed by atoms with E-state index in [0.29, 0.717) is 44.0 Å². The fourth-order valence-electron chi connectivity index (χ4n) is 9.63. The minimum atomic E-state index is -0.741. The molecule has 4 rings (SSSR count). The molecule has 6 nitrogen and oxygen atoms in total. The molecule has 0 aromatic rings. The molecule has 186 valence electrons. The molecule has 0 amide bonds. The molecule has 4 aliphatic carbocycles. The van der Waals surface area contributed by atoms with Crippen LogP contribution in [0.15, 0.2) is 0 Å². The average molecular weight is 463 g/mol. The van der Waals surface area contributed by atoms with Crippen LogP contribution in [-0.4, -0.2) is 34.7 Å². The van der Waals surface area contributed by atoms with Gasteiger partial charge in [-0.05, 0) is 85.4 Å². The lowest BCUT2D eigenvalue weighted by Crippen LogP contribution is -2.62. The van der Waals surface area contributed by atoms with Gasteiger partial charge in [0, 0.05) is 5.92 Å². The zero-order chi connectivity index (χ0) is 24.1. The van der Waals surface area contributed by atoms with E-state index in [1.807, 2.05) is 0 Å². The Balaban J connectivity index is 1.75. The minimum Gasteiger partial charge on any atom is -0.481 e. The first-order chi connectivity index (χ1) is 15.6. The van der Waals surface area contributed by atoms with E-state index in [1.165, 1.54) is 0 Å². The Hall–Kier alpha value is -1.59. The number of aliphatic carboxylic acids is 2. The molecule has 2 N–H and O–H groups in total. The van der Waals surface area contributed by atoms with Crippen LogP contribution in [0.3, 0.4) is 0 Å². The first-order valence-corrected chi connectivity index (χ1v) is 13.1. The number of fused-ring (bicyclic) bond motifs is 5. The van der Waals surface area contributed by atoms with E-state index in [0.717, 1.165) is 32.1 Å². The zero-order valence-electron chi connectivity index (χ0n) is 20.7. The lowest BCUT2D eigenvalue weighted by molar-refractivity contribution is -0.205. The molecule has 6 heteroatoms. The summed E-state index contributed by atoms with van der Waals surface area (Å²) in [6, 6.07) is 0. The highest BCUT2D eigenvalue weighted by atomic mass is 16.5. The van der Waals surface area contributed by atoms with Crippen LogP contribution in [0, 0.1) is 58.2 Å². The van der Waals surface area contributed by atoms with Gasteiger partial charge in [0.1, 0.15) is 6.10 Å². The van der Waals surface area contributed by atoms with E-state index in [-0.39, 0.29) is 46.5 Å². The number of carbonyl (C=O) groups is 3. The van der Waals surface area contributed by atoms with Crippen molar-refractivity contribution in [1.82, 2.24) is 0 Å². The second-order valence-electron chi connectivity index (χ2n) is 12.3. The average Bonchev–Trinajstić information content (AvgIpc) is 3.11. The van der Waals surface area contributed by atoms with Crippen molar-refractivity contribution in [3.05, 3.63) is 0 Å². The smallest absolute Gasteiger partial charge is 0.307 e. The third-order valence-electron chi connectivity index (χ3n) is 11.2.